The standard InChI is InChI=1S/C17H20O/c1-3-13(17(18)4-2)12-15-10-7-9-14-8-5-6-11-16(14)15/h5-11,13H,3-4,12H2,1-2H3/t13-/m1/s1. The zero-order chi connectivity index (χ0) is 13.0. The molecule has 2 aromatic rings. The number of hydrogen-bond acceptors (Lipinski definition) is 1. The van der Waals surface area contributed by atoms with Gasteiger partial charge in [-0.25, -0.2) is 0 Å². The molecule has 0 saturated carbocycles. The summed E-state index contributed by atoms with van der Waals surface area (Å²) in [6.07, 6.45) is 2.43. The molecule has 0 amide bonds. The minimum atomic E-state index is 0.167. The maximum Gasteiger partial charge on any atom is 0.136 e. The number of benzene rings is 2. The van der Waals surface area contributed by atoms with E-state index in [9.17, 15) is 4.79 Å². The van der Waals surface area contributed by atoms with Crippen molar-refractivity contribution in [3.63, 3.8) is 0 Å². The van der Waals surface area contributed by atoms with Crippen molar-refractivity contribution in [1.29, 1.82) is 0 Å². The molecule has 0 aliphatic heterocycles. The van der Waals surface area contributed by atoms with Gasteiger partial charge >= 0.3 is 0 Å². The van der Waals surface area contributed by atoms with Crippen molar-refractivity contribution in [3.05, 3.63) is 48.0 Å². The molecule has 2 aromatic carbocycles. The molecule has 0 radical (unpaired) electrons. The minimum Gasteiger partial charge on any atom is -0.299 e. The Bertz CT molecular complexity index is 537. The molecule has 0 heterocycles. The fourth-order valence-corrected chi connectivity index (χ4v) is 2.51. The number of carbonyl (C=O) groups is 1. The Morgan fingerprint density at radius 2 is 1.78 bits per heavy atom. The van der Waals surface area contributed by atoms with Crippen LogP contribution in [-0.2, 0) is 11.2 Å². The van der Waals surface area contributed by atoms with Crippen molar-refractivity contribution in [3.8, 4) is 0 Å². The molecule has 1 heteroatoms. The number of carbonyl (C=O) groups excluding carboxylic acids is 1. The van der Waals surface area contributed by atoms with Crippen molar-refractivity contribution >= 4 is 16.6 Å². The predicted octanol–water partition coefficient (Wildman–Crippen LogP) is 4.39. The second kappa shape index (κ2) is 5.81. The van der Waals surface area contributed by atoms with Crippen LogP contribution in [0.2, 0.25) is 0 Å². The molecule has 0 unspecified atom stereocenters. The van der Waals surface area contributed by atoms with Gasteiger partial charge in [-0.15, -0.1) is 0 Å². The van der Waals surface area contributed by atoms with E-state index in [-0.39, 0.29) is 5.92 Å². The third-order valence-electron chi connectivity index (χ3n) is 3.64. The molecule has 0 spiro atoms. The SMILES string of the molecule is CCC(=O)[C@H](CC)Cc1cccc2ccccc12. The summed E-state index contributed by atoms with van der Waals surface area (Å²) >= 11 is 0. The first-order chi connectivity index (χ1) is 8.76. The van der Waals surface area contributed by atoms with Gasteiger partial charge in [0.05, 0.1) is 0 Å². The van der Waals surface area contributed by atoms with Crippen LogP contribution in [0.15, 0.2) is 42.5 Å². The molecule has 0 aliphatic rings. The molecule has 1 atom stereocenters. The molecule has 94 valence electrons. The third-order valence-corrected chi connectivity index (χ3v) is 3.64. The van der Waals surface area contributed by atoms with Crippen LogP contribution in [0, 0.1) is 5.92 Å². The molecular weight excluding hydrogens is 220 g/mol. The fourth-order valence-electron chi connectivity index (χ4n) is 2.51. The zero-order valence-electron chi connectivity index (χ0n) is 11.1. The highest BCUT2D eigenvalue weighted by Crippen LogP contribution is 2.23. The summed E-state index contributed by atoms with van der Waals surface area (Å²) in [5.74, 6) is 0.547. The smallest absolute Gasteiger partial charge is 0.136 e. The van der Waals surface area contributed by atoms with Crippen molar-refractivity contribution in [2.75, 3.05) is 0 Å². The highest BCUT2D eigenvalue weighted by atomic mass is 16.1. The molecule has 18 heavy (non-hydrogen) atoms. The van der Waals surface area contributed by atoms with Gasteiger partial charge in [0.2, 0.25) is 0 Å². The maximum atomic E-state index is 11.9. The van der Waals surface area contributed by atoms with E-state index in [0.717, 1.165) is 12.8 Å². The van der Waals surface area contributed by atoms with Gasteiger partial charge < -0.3 is 0 Å². The summed E-state index contributed by atoms with van der Waals surface area (Å²) in [6.45, 7) is 4.05. The van der Waals surface area contributed by atoms with Crippen LogP contribution in [0.25, 0.3) is 10.8 Å². The van der Waals surface area contributed by atoms with Gasteiger partial charge in [-0.05, 0) is 29.2 Å². The second-order valence-corrected chi connectivity index (χ2v) is 4.77. The summed E-state index contributed by atoms with van der Waals surface area (Å²) in [5, 5.41) is 2.54. The largest absolute Gasteiger partial charge is 0.299 e. The topological polar surface area (TPSA) is 17.1 Å². The summed E-state index contributed by atoms with van der Waals surface area (Å²) in [7, 11) is 0. The van der Waals surface area contributed by atoms with Crippen molar-refractivity contribution in [2.24, 2.45) is 5.92 Å². The number of hydrogen-bond donors (Lipinski definition) is 0. The summed E-state index contributed by atoms with van der Waals surface area (Å²) < 4.78 is 0. The number of Topliss-reactive ketones (excluding diaryl/α,β-unsaturated/α-hetero) is 1. The lowest BCUT2D eigenvalue weighted by Gasteiger charge is -2.14. The van der Waals surface area contributed by atoms with Gasteiger partial charge in [-0.3, -0.25) is 4.79 Å². The van der Waals surface area contributed by atoms with Crippen LogP contribution < -0.4 is 0 Å². The molecule has 0 fully saturated rings. The first-order valence-electron chi connectivity index (χ1n) is 6.75. The van der Waals surface area contributed by atoms with E-state index in [1.807, 2.05) is 6.92 Å². The summed E-state index contributed by atoms with van der Waals surface area (Å²) in [5.41, 5.74) is 1.29. The van der Waals surface area contributed by atoms with E-state index in [0.29, 0.717) is 12.2 Å². The Morgan fingerprint density at radius 1 is 1.06 bits per heavy atom. The van der Waals surface area contributed by atoms with E-state index in [1.165, 1.54) is 16.3 Å². The predicted molar refractivity (Wildman–Crippen MR) is 76.7 cm³/mol. The van der Waals surface area contributed by atoms with Crippen LogP contribution in [0.1, 0.15) is 32.3 Å². The van der Waals surface area contributed by atoms with Crippen molar-refractivity contribution < 1.29 is 4.79 Å². The van der Waals surface area contributed by atoms with E-state index in [4.69, 9.17) is 0 Å². The van der Waals surface area contributed by atoms with E-state index in [2.05, 4.69) is 49.4 Å². The first kappa shape index (κ1) is 12.8. The second-order valence-electron chi connectivity index (χ2n) is 4.77. The van der Waals surface area contributed by atoms with Crippen LogP contribution in [-0.4, -0.2) is 5.78 Å². The van der Waals surface area contributed by atoms with Crippen LogP contribution in [0.5, 0.6) is 0 Å². The fraction of sp³-hybridized carbons (Fsp3) is 0.353. The van der Waals surface area contributed by atoms with Gasteiger partial charge in [-0.1, -0.05) is 56.3 Å². The lowest BCUT2D eigenvalue weighted by Crippen LogP contribution is -2.15. The average Bonchev–Trinajstić information content (AvgIpc) is 2.44. The molecule has 0 saturated heterocycles. The molecule has 0 aliphatic carbocycles. The molecule has 1 nitrogen and oxygen atoms in total. The first-order valence-corrected chi connectivity index (χ1v) is 6.75. The van der Waals surface area contributed by atoms with Crippen molar-refractivity contribution in [1.82, 2.24) is 0 Å². The molecule has 0 aromatic heterocycles. The Labute approximate surface area is 109 Å². The van der Waals surface area contributed by atoms with Gasteiger partial charge in [-0.2, -0.15) is 0 Å². The number of fused-ring (bicyclic) bond motifs is 1. The van der Waals surface area contributed by atoms with Crippen LogP contribution >= 0.6 is 0 Å². The molecular formula is C17H20O. The van der Waals surface area contributed by atoms with E-state index in [1.54, 1.807) is 0 Å². The average molecular weight is 240 g/mol. The van der Waals surface area contributed by atoms with Gasteiger partial charge in [0.25, 0.3) is 0 Å². The highest BCUT2D eigenvalue weighted by Gasteiger charge is 2.15. The highest BCUT2D eigenvalue weighted by molar-refractivity contribution is 5.87. The summed E-state index contributed by atoms with van der Waals surface area (Å²) in [4.78, 5) is 11.9. The van der Waals surface area contributed by atoms with Gasteiger partial charge in [0.1, 0.15) is 5.78 Å². The lowest BCUT2D eigenvalue weighted by molar-refractivity contribution is -0.122. The number of ketones is 1. The van der Waals surface area contributed by atoms with E-state index >= 15 is 0 Å². The maximum absolute atomic E-state index is 11.9. The van der Waals surface area contributed by atoms with Crippen LogP contribution in [0.4, 0.5) is 0 Å². The Kier molecular flexibility index (Phi) is 4.14. The Hall–Kier alpha value is -1.63. The van der Waals surface area contributed by atoms with Gasteiger partial charge in [0, 0.05) is 12.3 Å². The molecule has 0 N–H and O–H groups in total. The van der Waals surface area contributed by atoms with Crippen LogP contribution in [0.3, 0.4) is 0 Å². The lowest BCUT2D eigenvalue weighted by atomic mass is 9.89. The van der Waals surface area contributed by atoms with Crippen molar-refractivity contribution in [2.45, 2.75) is 33.1 Å². The zero-order valence-corrected chi connectivity index (χ0v) is 11.1. The molecule has 2 rings (SSSR count). The molecule has 0 bridgehead atoms. The normalized spacial score (nSPS) is 12.6. The Morgan fingerprint density at radius 3 is 2.50 bits per heavy atom. The number of rotatable bonds is 5. The monoisotopic (exact) mass is 240 g/mol. The quantitative estimate of drug-likeness (QED) is 0.757. The third kappa shape index (κ3) is 2.61. The minimum absolute atomic E-state index is 0.167. The summed E-state index contributed by atoms with van der Waals surface area (Å²) in [6, 6.07) is 14.8. The Balaban J connectivity index is 2.33. The van der Waals surface area contributed by atoms with E-state index < -0.39 is 0 Å². The van der Waals surface area contributed by atoms with Gasteiger partial charge in [0.15, 0.2) is 0 Å².